The van der Waals surface area contributed by atoms with Gasteiger partial charge >= 0.3 is 0 Å². The van der Waals surface area contributed by atoms with Crippen molar-refractivity contribution in [2.45, 2.75) is 6.42 Å². The second-order valence-electron chi connectivity index (χ2n) is 2.52. The van der Waals surface area contributed by atoms with Gasteiger partial charge in [-0.25, -0.2) is 4.39 Å². The second kappa shape index (κ2) is 5.42. The molecule has 0 aliphatic carbocycles. The van der Waals surface area contributed by atoms with E-state index in [1.54, 1.807) is 18.2 Å². The van der Waals surface area contributed by atoms with Gasteiger partial charge < -0.3 is 0 Å². The van der Waals surface area contributed by atoms with E-state index >= 15 is 0 Å². The predicted molar refractivity (Wildman–Crippen MR) is 56.4 cm³/mol. The van der Waals surface area contributed by atoms with Gasteiger partial charge in [-0.3, -0.25) is 0 Å². The first-order valence-corrected chi connectivity index (χ1v) is 5.15. The Bertz CT molecular complexity index is 423. The Kier molecular flexibility index (Phi) is 4.16. The molecule has 0 unspecified atom stereocenters. The minimum absolute atomic E-state index is 0.0376. The van der Waals surface area contributed by atoms with Crippen molar-refractivity contribution in [3.05, 3.63) is 35.1 Å². The van der Waals surface area contributed by atoms with Crippen LogP contribution in [0, 0.1) is 29.0 Å². The third-order valence-electron chi connectivity index (χ3n) is 1.56. The van der Waals surface area contributed by atoms with Crippen LogP contribution in [-0.2, 0) is 0 Å². The first-order chi connectivity index (χ1) is 6.79. The lowest BCUT2D eigenvalue weighted by atomic mass is 10.1. The summed E-state index contributed by atoms with van der Waals surface area (Å²) in [6.07, 6.45) is 0.663. The number of hydrogen-bond acceptors (Lipinski definition) is 1. The lowest BCUT2D eigenvalue weighted by Crippen LogP contribution is -1.88. The molecule has 14 heavy (non-hydrogen) atoms. The molecule has 0 spiro atoms. The van der Waals surface area contributed by atoms with Gasteiger partial charge in [-0.1, -0.05) is 33.8 Å². The van der Waals surface area contributed by atoms with Crippen molar-refractivity contribution in [3.8, 4) is 17.9 Å². The molecule has 0 fully saturated rings. The van der Waals surface area contributed by atoms with Crippen LogP contribution in [0.4, 0.5) is 4.39 Å². The van der Waals surface area contributed by atoms with Crippen molar-refractivity contribution in [3.63, 3.8) is 0 Å². The zero-order chi connectivity index (χ0) is 10.4. The van der Waals surface area contributed by atoms with Crippen LogP contribution >= 0.6 is 15.9 Å². The van der Waals surface area contributed by atoms with Crippen molar-refractivity contribution in [1.82, 2.24) is 0 Å². The molecule has 1 nitrogen and oxygen atoms in total. The summed E-state index contributed by atoms with van der Waals surface area (Å²) >= 11 is 3.22. The number of nitriles is 1. The second-order valence-corrected chi connectivity index (χ2v) is 3.31. The molecule has 0 aliphatic rings. The molecule has 0 aliphatic heterocycles. The van der Waals surface area contributed by atoms with E-state index in [0.717, 1.165) is 5.33 Å². The Morgan fingerprint density at radius 1 is 1.36 bits per heavy atom. The molecule has 0 saturated heterocycles. The largest absolute Gasteiger partial charge is 0.204 e. The van der Waals surface area contributed by atoms with Crippen LogP contribution in [0.2, 0.25) is 0 Å². The maximum absolute atomic E-state index is 13.4. The average molecular weight is 252 g/mol. The van der Waals surface area contributed by atoms with Crippen molar-refractivity contribution in [1.29, 1.82) is 5.26 Å². The van der Waals surface area contributed by atoms with Crippen LogP contribution in [0.5, 0.6) is 0 Å². The first kappa shape index (κ1) is 10.8. The van der Waals surface area contributed by atoms with Gasteiger partial charge in [-0.15, -0.1) is 0 Å². The Morgan fingerprint density at radius 2 is 2.07 bits per heavy atom. The van der Waals surface area contributed by atoms with Crippen molar-refractivity contribution in [2.24, 2.45) is 0 Å². The van der Waals surface area contributed by atoms with Gasteiger partial charge in [0, 0.05) is 11.8 Å². The van der Waals surface area contributed by atoms with Gasteiger partial charge in [0.25, 0.3) is 0 Å². The fourth-order valence-electron chi connectivity index (χ4n) is 0.920. The van der Waals surface area contributed by atoms with Crippen molar-refractivity contribution >= 4 is 15.9 Å². The SMILES string of the molecule is N#Cc1cccc(C#CCCBr)c1F. The minimum Gasteiger partial charge on any atom is -0.204 e. The maximum Gasteiger partial charge on any atom is 0.156 e. The zero-order valence-corrected chi connectivity index (χ0v) is 8.94. The standard InChI is InChI=1S/C11H7BrFN/c12-7-2-1-4-9-5-3-6-10(8-14)11(9)13/h3,5-6H,2,7H2. The van der Waals surface area contributed by atoms with E-state index < -0.39 is 5.82 Å². The van der Waals surface area contributed by atoms with E-state index in [1.165, 1.54) is 6.07 Å². The van der Waals surface area contributed by atoms with Crippen LogP contribution in [0.3, 0.4) is 0 Å². The number of hydrogen-bond donors (Lipinski definition) is 0. The summed E-state index contributed by atoms with van der Waals surface area (Å²) in [5.74, 6) is 4.95. The predicted octanol–water partition coefficient (Wildman–Crippen LogP) is 2.83. The smallest absolute Gasteiger partial charge is 0.156 e. The molecule has 70 valence electrons. The number of nitrogens with zero attached hydrogens (tertiary/aromatic N) is 1. The van der Waals surface area contributed by atoms with Gasteiger partial charge in [0.2, 0.25) is 0 Å². The van der Waals surface area contributed by atoms with Gasteiger partial charge in [0.1, 0.15) is 6.07 Å². The highest BCUT2D eigenvalue weighted by atomic mass is 79.9. The molecular weight excluding hydrogens is 245 g/mol. The molecule has 0 atom stereocenters. The van der Waals surface area contributed by atoms with Crippen molar-refractivity contribution < 1.29 is 4.39 Å². The van der Waals surface area contributed by atoms with Crippen LogP contribution in [-0.4, -0.2) is 5.33 Å². The minimum atomic E-state index is -0.530. The lowest BCUT2D eigenvalue weighted by Gasteiger charge is -1.94. The van der Waals surface area contributed by atoms with Crippen LogP contribution < -0.4 is 0 Å². The Labute approximate surface area is 90.7 Å². The van der Waals surface area contributed by atoms with E-state index in [9.17, 15) is 4.39 Å². The summed E-state index contributed by atoms with van der Waals surface area (Å²) in [6, 6.07) is 6.40. The highest BCUT2D eigenvalue weighted by Crippen LogP contribution is 2.10. The van der Waals surface area contributed by atoms with Crippen molar-refractivity contribution in [2.75, 3.05) is 5.33 Å². The van der Waals surface area contributed by atoms with E-state index in [0.29, 0.717) is 6.42 Å². The Balaban J connectivity index is 3.01. The highest BCUT2D eigenvalue weighted by Gasteiger charge is 2.03. The highest BCUT2D eigenvalue weighted by molar-refractivity contribution is 9.09. The molecule has 0 heterocycles. The number of benzene rings is 1. The zero-order valence-electron chi connectivity index (χ0n) is 7.35. The quantitative estimate of drug-likeness (QED) is 0.557. The molecule has 1 aromatic rings. The number of rotatable bonds is 1. The lowest BCUT2D eigenvalue weighted by molar-refractivity contribution is 0.620. The molecule has 1 aromatic carbocycles. The summed E-state index contributed by atoms with van der Waals surface area (Å²) in [7, 11) is 0. The molecule has 0 aromatic heterocycles. The Morgan fingerprint density at radius 3 is 2.71 bits per heavy atom. The number of halogens is 2. The first-order valence-electron chi connectivity index (χ1n) is 4.03. The molecule has 0 amide bonds. The molecule has 0 bridgehead atoms. The third-order valence-corrected chi connectivity index (χ3v) is 1.96. The van der Waals surface area contributed by atoms with Crippen LogP contribution in [0.25, 0.3) is 0 Å². The summed E-state index contributed by atoms with van der Waals surface area (Å²) < 4.78 is 13.4. The van der Waals surface area contributed by atoms with Gasteiger partial charge in [-0.2, -0.15) is 5.26 Å². The molecule has 1 rings (SSSR count). The van der Waals surface area contributed by atoms with E-state index in [-0.39, 0.29) is 11.1 Å². The molecular formula is C11H7BrFN. The third kappa shape index (κ3) is 2.58. The topological polar surface area (TPSA) is 23.8 Å². The molecule has 0 saturated carbocycles. The van der Waals surface area contributed by atoms with Gasteiger partial charge in [0.05, 0.1) is 11.1 Å². The van der Waals surface area contributed by atoms with E-state index in [4.69, 9.17) is 5.26 Å². The average Bonchev–Trinajstić information content (AvgIpc) is 2.21. The monoisotopic (exact) mass is 251 g/mol. The molecule has 0 N–H and O–H groups in total. The van der Waals surface area contributed by atoms with Crippen LogP contribution in [0.15, 0.2) is 18.2 Å². The summed E-state index contributed by atoms with van der Waals surface area (Å²) in [4.78, 5) is 0. The summed E-state index contributed by atoms with van der Waals surface area (Å²) in [5, 5.41) is 9.33. The fourth-order valence-corrected chi connectivity index (χ4v) is 1.12. The Hall–Kier alpha value is -1.32. The molecule has 3 heteroatoms. The van der Waals surface area contributed by atoms with Gasteiger partial charge in [0.15, 0.2) is 5.82 Å². The van der Waals surface area contributed by atoms with E-state index in [1.807, 2.05) is 0 Å². The van der Waals surface area contributed by atoms with Crippen LogP contribution in [0.1, 0.15) is 17.5 Å². The summed E-state index contributed by atoms with van der Waals surface area (Å²) in [6.45, 7) is 0. The molecule has 0 radical (unpaired) electrons. The fraction of sp³-hybridized carbons (Fsp3) is 0.182. The van der Waals surface area contributed by atoms with Gasteiger partial charge in [-0.05, 0) is 12.1 Å². The number of alkyl halides is 1. The summed E-state index contributed by atoms with van der Waals surface area (Å²) in [5.41, 5.74) is 0.320. The maximum atomic E-state index is 13.4. The van der Waals surface area contributed by atoms with E-state index in [2.05, 4.69) is 27.8 Å². The normalized spacial score (nSPS) is 8.64.